The molecule has 0 saturated carbocycles. The maximum Gasteiger partial charge on any atom is 0.237 e. The molecule has 0 aliphatic rings. The van der Waals surface area contributed by atoms with Crippen LogP contribution in [0, 0.1) is 6.92 Å². The molecule has 3 aromatic carbocycles. The summed E-state index contributed by atoms with van der Waals surface area (Å²) in [4.78, 5) is 12.7. The van der Waals surface area contributed by atoms with Gasteiger partial charge < -0.3 is 15.9 Å². The van der Waals surface area contributed by atoms with Crippen molar-refractivity contribution in [2.75, 3.05) is 11.2 Å². The van der Waals surface area contributed by atoms with Crippen LogP contribution < -0.4 is 15.9 Å². The zero-order chi connectivity index (χ0) is 22.5. The minimum atomic E-state index is -0.424. The molecule has 1 amide bonds. The molecule has 1 heterocycles. The fraction of sp³-hybridized carbons (Fsp3) is 0.125. The number of nitrogen functional groups attached to an aromatic ring is 1. The van der Waals surface area contributed by atoms with Crippen LogP contribution in [0.4, 0.5) is 5.69 Å². The minimum absolute atomic E-state index is 0.161. The van der Waals surface area contributed by atoms with Crippen molar-refractivity contribution in [3.8, 4) is 22.9 Å². The maximum absolute atomic E-state index is 12.7. The van der Waals surface area contributed by atoms with Crippen LogP contribution in [-0.2, 0) is 4.79 Å². The Hall–Kier alpha value is -3.78. The van der Waals surface area contributed by atoms with E-state index < -0.39 is 5.25 Å². The van der Waals surface area contributed by atoms with E-state index in [0.29, 0.717) is 22.4 Å². The number of rotatable bonds is 7. The molecule has 162 valence electrons. The van der Waals surface area contributed by atoms with Gasteiger partial charge in [-0.25, -0.2) is 4.68 Å². The number of hydrogen-bond acceptors (Lipinski definition) is 6. The lowest BCUT2D eigenvalue weighted by molar-refractivity contribution is -0.115. The zero-order valence-corrected chi connectivity index (χ0v) is 18.5. The number of para-hydroxylation sites is 1. The van der Waals surface area contributed by atoms with Gasteiger partial charge >= 0.3 is 0 Å². The van der Waals surface area contributed by atoms with E-state index in [0.717, 1.165) is 16.9 Å². The first-order valence-corrected chi connectivity index (χ1v) is 11.0. The van der Waals surface area contributed by atoms with Crippen molar-refractivity contribution >= 4 is 23.4 Å². The van der Waals surface area contributed by atoms with Crippen LogP contribution in [0.15, 0.2) is 84.0 Å². The van der Waals surface area contributed by atoms with Gasteiger partial charge in [-0.05, 0) is 50.2 Å². The Labute approximate surface area is 190 Å². The third kappa shape index (κ3) is 5.09. The number of aryl methyl sites for hydroxylation is 1. The molecular weight excluding hydrogens is 422 g/mol. The van der Waals surface area contributed by atoms with Gasteiger partial charge in [-0.3, -0.25) is 4.79 Å². The van der Waals surface area contributed by atoms with Gasteiger partial charge in [0.25, 0.3) is 0 Å². The number of thioether (sulfide) groups is 1. The minimum Gasteiger partial charge on any atom is -0.457 e. The molecule has 4 aromatic rings. The molecule has 0 unspecified atom stereocenters. The van der Waals surface area contributed by atoms with Crippen LogP contribution >= 0.6 is 11.8 Å². The number of hydrogen-bond donors (Lipinski definition) is 2. The van der Waals surface area contributed by atoms with Crippen molar-refractivity contribution in [2.24, 2.45) is 0 Å². The van der Waals surface area contributed by atoms with Crippen LogP contribution in [-0.4, -0.2) is 26.0 Å². The predicted octanol–water partition coefficient (Wildman–Crippen LogP) is 4.88. The quantitative estimate of drug-likeness (QED) is 0.311. The number of aromatic nitrogens is 3. The highest BCUT2D eigenvalue weighted by atomic mass is 32.2. The molecule has 0 spiro atoms. The number of benzene rings is 3. The van der Waals surface area contributed by atoms with Gasteiger partial charge in [0.05, 0.1) is 5.25 Å². The van der Waals surface area contributed by atoms with Gasteiger partial charge in [0.1, 0.15) is 11.5 Å². The van der Waals surface area contributed by atoms with Crippen LogP contribution in [0.25, 0.3) is 11.4 Å². The van der Waals surface area contributed by atoms with Gasteiger partial charge in [0.15, 0.2) is 5.82 Å². The Bertz CT molecular complexity index is 1190. The molecule has 32 heavy (non-hydrogen) atoms. The summed E-state index contributed by atoms with van der Waals surface area (Å²) in [6, 6.07) is 24.6. The smallest absolute Gasteiger partial charge is 0.237 e. The van der Waals surface area contributed by atoms with E-state index in [1.165, 1.54) is 16.4 Å². The van der Waals surface area contributed by atoms with E-state index >= 15 is 0 Å². The number of carbonyl (C=O) groups is 1. The normalized spacial score (nSPS) is 11.7. The average Bonchev–Trinajstić information content (AvgIpc) is 3.16. The lowest BCUT2D eigenvalue weighted by Crippen LogP contribution is -2.23. The lowest BCUT2D eigenvalue weighted by Gasteiger charge is -2.12. The SMILES string of the molecule is Cc1ccc(-c2nnc(S[C@H](C)C(=O)Nc3ccc(Oc4ccccc4)cc3)n2N)cc1. The second-order valence-corrected chi connectivity index (χ2v) is 8.54. The molecule has 0 saturated heterocycles. The highest BCUT2D eigenvalue weighted by molar-refractivity contribution is 8.00. The highest BCUT2D eigenvalue weighted by Crippen LogP contribution is 2.27. The van der Waals surface area contributed by atoms with E-state index in [9.17, 15) is 4.79 Å². The average molecular weight is 446 g/mol. The predicted molar refractivity (Wildman–Crippen MR) is 127 cm³/mol. The molecule has 8 heteroatoms. The van der Waals surface area contributed by atoms with E-state index in [4.69, 9.17) is 10.6 Å². The summed E-state index contributed by atoms with van der Waals surface area (Å²) in [6.07, 6.45) is 0. The van der Waals surface area contributed by atoms with Gasteiger partial charge in [-0.1, -0.05) is 59.8 Å². The summed E-state index contributed by atoms with van der Waals surface area (Å²) in [6.45, 7) is 3.81. The van der Waals surface area contributed by atoms with Gasteiger partial charge in [0, 0.05) is 11.3 Å². The summed E-state index contributed by atoms with van der Waals surface area (Å²) in [7, 11) is 0. The second-order valence-electron chi connectivity index (χ2n) is 7.23. The van der Waals surface area contributed by atoms with Gasteiger partial charge in [-0.2, -0.15) is 0 Å². The summed E-state index contributed by atoms with van der Waals surface area (Å²) in [5, 5.41) is 11.3. The molecule has 0 aliphatic heterocycles. The molecule has 1 aromatic heterocycles. The first-order valence-electron chi connectivity index (χ1n) is 10.1. The van der Waals surface area contributed by atoms with Crippen molar-refractivity contribution in [2.45, 2.75) is 24.3 Å². The molecule has 1 atom stereocenters. The third-order valence-electron chi connectivity index (χ3n) is 4.73. The van der Waals surface area contributed by atoms with E-state index in [2.05, 4.69) is 15.5 Å². The Kier molecular flexibility index (Phi) is 6.42. The molecule has 0 bridgehead atoms. The number of amides is 1. The van der Waals surface area contributed by atoms with Crippen LogP contribution in [0.1, 0.15) is 12.5 Å². The van der Waals surface area contributed by atoms with E-state index in [1.807, 2.05) is 73.7 Å². The number of ether oxygens (including phenoxy) is 1. The summed E-state index contributed by atoms with van der Waals surface area (Å²) < 4.78 is 7.19. The Morgan fingerprint density at radius 3 is 2.31 bits per heavy atom. The molecule has 4 rings (SSSR count). The van der Waals surface area contributed by atoms with Gasteiger partial charge in [-0.15, -0.1) is 10.2 Å². The number of nitrogens with one attached hydrogen (secondary N) is 1. The Morgan fingerprint density at radius 2 is 1.62 bits per heavy atom. The lowest BCUT2D eigenvalue weighted by atomic mass is 10.1. The monoisotopic (exact) mass is 445 g/mol. The number of nitrogens with two attached hydrogens (primary N) is 1. The highest BCUT2D eigenvalue weighted by Gasteiger charge is 2.20. The Balaban J connectivity index is 1.36. The number of carbonyl (C=O) groups excluding carboxylic acids is 1. The molecule has 7 nitrogen and oxygen atoms in total. The molecular formula is C24H23N5O2S. The summed E-state index contributed by atoms with van der Waals surface area (Å²) in [5.74, 6) is 8.02. The van der Waals surface area contributed by atoms with Crippen LogP contribution in [0.5, 0.6) is 11.5 Å². The standard InChI is InChI=1S/C24H23N5O2S/c1-16-8-10-18(11-9-16)22-27-28-24(29(22)25)32-17(2)23(30)26-19-12-14-21(15-13-19)31-20-6-4-3-5-7-20/h3-15,17H,25H2,1-2H3,(H,26,30)/t17-/m1/s1. The largest absolute Gasteiger partial charge is 0.457 e. The topological polar surface area (TPSA) is 95.1 Å². The van der Waals surface area contributed by atoms with Crippen LogP contribution in [0.2, 0.25) is 0 Å². The van der Waals surface area contributed by atoms with Crippen molar-refractivity contribution in [3.63, 3.8) is 0 Å². The van der Waals surface area contributed by atoms with Gasteiger partial charge in [0.2, 0.25) is 11.1 Å². The van der Waals surface area contributed by atoms with Crippen molar-refractivity contribution in [1.82, 2.24) is 14.9 Å². The Morgan fingerprint density at radius 1 is 0.969 bits per heavy atom. The second kappa shape index (κ2) is 9.57. The molecule has 3 N–H and O–H groups in total. The summed E-state index contributed by atoms with van der Waals surface area (Å²) in [5.41, 5.74) is 2.70. The number of anilines is 1. The zero-order valence-electron chi connectivity index (χ0n) is 17.7. The first kappa shape index (κ1) is 21.5. The molecule has 0 fully saturated rings. The van der Waals surface area contributed by atoms with Crippen molar-refractivity contribution in [1.29, 1.82) is 0 Å². The third-order valence-corrected chi connectivity index (χ3v) is 5.78. The molecule has 0 radical (unpaired) electrons. The van der Waals surface area contributed by atoms with Crippen LogP contribution in [0.3, 0.4) is 0 Å². The molecule has 0 aliphatic carbocycles. The fourth-order valence-corrected chi connectivity index (χ4v) is 3.71. The fourth-order valence-electron chi connectivity index (χ4n) is 2.94. The maximum atomic E-state index is 12.7. The number of nitrogens with zero attached hydrogens (tertiary/aromatic N) is 3. The van der Waals surface area contributed by atoms with Crippen molar-refractivity contribution in [3.05, 3.63) is 84.4 Å². The first-order chi connectivity index (χ1) is 15.5. The summed E-state index contributed by atoms with van der Waals surface area (Å²) >= 11 is 1.25. The van der Waals surface area contributed by atoms with E-state index in [1.54, 1.807) is 19.1 Å². The van der Waals surface area contributed by atoms with Crippen molar-refractivity contribution < 1.29 is 9.53 Å². The van der Waals surface area contributed by atoms with E-state index in [-0.39, 0.29) is 5.91 Å².